The van der Waals surface area contributed by atoms with Crippen LogP contribution in [0.25, 0.3) is 0 Å². The molecule has 0 saturated heterocycles. The van der Waals surface area contributed by atoms with E-state index in [9.17, 15) is 4.79 Å². The fourth-order valence-corrected chi connectivity index (χ4v) is 1.97. The first-order valence-corrected chi connectivity index (χ1v) is 7.61. The van der Waals surface area contributed by atoms with E-state index in [2.05, 4.69) is 55.1 Å². The van der Waals surface area contributed by atoms with Gasteiger partial charge in [0.05, 0.1) is 5.56 Å². The van der Waals surface area contributed by atoms with E-state index in [0.29, 0.717) is 12.1 Å². The predicted octanol–water partition coefficient (Wildman–Crippen LogP) is 2.05. The summed E-state index contributed by atoms with van der Waals surface area (Å²) in [6.45, 7) is 13.7. The minimum atomic E-state index is -0.0793. The van der Waals surface area contributed by atoms with Crippen LogP contribution in [0.1, 0.15) is 45.0 Å². The van der Waals surface area contributed by atoms with Crippen LogP contribution in [0, 0.1) is 0 Å². The van der Waals surface area contributed by atoms with Crippen LogP contribution in [-0.2, 0) is 0 Å². The Morgan fingerprint density at radius 2 is 1.86 bits per heavy atom. The Kier molecular flexibility index (Phi) is 6.62. The number of amides is 1. The third-order valence-electron chi connectivity index (χ3n) is 3.16. The van der Waals surface area contributed by atoms with Crippen molar-refractivity contribution in [3.8, 4) is 0 Å². The fraction of sp³-hybridized carbons (Fsp3) is 0.625. The molecule has 1 aromatic heterocycles. The van der Waals surface area contributed by atoms with Gasteiger partial charge in [0.25, 0.3) is 5.91 Å². The summed E-state index contributed by atoms with van der Waals surface area (Å²) in [6, 6.07) is 3.72. The lowest BCUT2D eigenvalue weighted by Gasteiger charge is -2.20. The Morgan fingerprint density at radius 1 is 1.19 bits per heavy atom. The van der Waals surface area contributed by atoms with Crippen LogP contribution in [0.3, 0.4) is 0 Å². The van der Waals surface area contributed by atoms with Crippen molar-refractivity contribution in [3.63, 3.8) is 0 Å². The number of carbonyl (C=O) groups is 1. The Balaban J connectivity index is 2.48. The van der Waals surface area contributed by atoms with E-state index in [4.69, 9.17) is 0 Å². The summed E-state index contributed by atoms with van der Waals surface area (Å²) >= 11 is 0. The highest BCUT2D eigenvalue weighted by Crippen LogP contribution is 2.10. The Hall–Kier alpha value is -1.62. The van der Waals surface area contributed by atoms with Crippen LogP contribution in [-0.4, -0.2) is 42.6 Å². The first kappa shape index (κ1) is 17.4. The lowest BCUT2D eigenvalue weighted by atomic mass is 10.1. The van der Waals surface area contributed by atoms with Gasteiger partial charge in [-0.25, -0.2) is 4.98 Å². The van der Waals surface area contributed by atoms with Crippen LogP contribution in [0.15, 0.2) is 18.3 Å². The predicted molar refractivity (Wildman–Crippen MR) is 87.9 cm³/mol. The monoisotopic (exact) mass is 292 g/mol. The highest BCUT2D eigenvalue weighted by Gasteiger charge is 2.10. The number of nitrogens with one attached hydrogen (secondary N) is 2. The van der Waals surface area contributed by atoms with Gasteiger partial charge in [0.1, 0.15) is 5.82 Å². The van der Waals surface area contributed by atoms with Crippen molar-refractivity contribution >= 4 is 11.7 Å². The third kappa shape index (κ3) is 6.12. The Bertz CT molecular complexity index is 433. The first-order chi connectivity index (χ1) is 9.87. The molecule has 0 unspecified atom stereocenters. The van der Waals surface area contributed by atoms with Crippen molar-refractivity contribution < 1.29 is 4.79 Å². The molecule has 0 aliphatic heterocycles. The van der Waals surface area contributed by atoms with E-state index in [1.54, 1.807) is 6.20 Å². The van der Waals surface area contributed by atoms with Crippen molar-refractivity contribution in [3.05, 3.63) is 23.9 Å². The number of pyridine rings is 1. The second-order valence-electron chi connectivity index (χ2n) is 6.01. The zero-order valence-electron chi connectivity index (χ0n) is 13.9. The van der Waals surface area contributed by atoms with Gasteiger partial charge < -0.3 is 15.5 Å². The van der Waals surface area contributed by atoms with Gasteiger partial charge >= 0.3 is 0 Å². The van der Waals surface area contributed by atoms with Crippen LogP contribution in [0.5, 0.6) is 0 Å². The first-order valence-electron chi connectivity index (χ1n) is 7.61. The normalized spacial score (nSPS) is 11.3. The average molecular weight is 292 g/mol. The van der Waals surface area contributed by atoms with Gasteiger partial charge in [-0.05, 0) is 46.8 Å². The molecule has 1 heterocycles. The minimum Gasteiger partial charge on any atom is -0.357 e. The molecule has 5 nitrogen and oxygen atoms in total. The Morgan fingerprint density at radius 3 is 2.33 bits per heavy atom. The number of hydrogen-bond acceptors (Lipinski definition) is 4. The summed E-state index contributed by atoms with van der Waals surface area (Å²) in [5, 5.41) is 6.22. The maximum Gasteiger partial charge on any atom is 0.252 e. The zero-order valence-corrected chi connectivity index (χ0v) is 13.9. The maximum absolute atomic E-state index is 12.0. The van der Waals surface area contributed by atoms with Crippen molar-refractivity contribution in [2.45, 2.75) is 40.2 Å². The van der Waals surface area contributed by atoms with E-state index >= 15 is 0 Å². The molecule has 0 aliphatic rings. The van der Waals surface area contributed by atoms with Gasteiger partial charge in [-0.2, -0.15) is 0 Å². The van der Waals surface area contributed by atoms with Crippen LogP contribution in [0.4, 0.5) is 5.82 Å². The number of nitrogens with zero attached hydrogens (tertiary/aromatic N) is 2. The highest BCUT2D eigenvalue weighted by molar-refractivity contribution is 5.94. The molecule has 118 valence electrons. The molecule has 0 saturated carbocycles. The summed E-state index contributed by atoms with van der Waals surface area (Å²) in [5.74, 6) is 0.829. The lowest BCUT2D eigenvalue weighted by Crippen LogP contribution is -2.41. The topological polar surface area (TPSA) is 57.3 Å². The number of hydrogen-bond donors (Lipinski definition) is 2. The molecule has 5 heteroatoms. The van der Waals surface area contributed by atoms with Gasteiger partial charge in [-0.3, -0.25) is 4.79 Å². The van der Waals surface area contributed by atoms with Crippen LogP contribution < -0.4 is 15.5 Å². The molecule has 0 bridgehead atoms. The molecule has 0 spiro atoms. The molecule has 0 aromatic carbocycles. The molecule has 0 fully saturated rings. The van der Waals surface area contributed by atoms with E-state index in [-0.39, 0.29) is 11.4 Å². The molecule has 0 aliphatic carbocycles. The Labute approximate surface area is 128 Å². The second-order valence-corrected chi connectivity index (χ2v) is 6.01. The van der Waals surface area contributed by atoms with E-state index < -0.39 is 0 Å². The number of aromatic nitrogens is 1. The van der Waals surface area contributed by atoms with Gasteiger partial charge in [-0.1, -0.05) is 0 Å². The van der Waals surface area contributed by atoms with Crippen LogP contribution in [0.2, 0.25) is 0 Å². The molecule has 1 amide bonds. The van der Waals surface area contributed by atoms with Gasteiger partial charge in [0.2, 0.25) is 0 Å². The molecular weight excluding hydrogens is 264 g/mol. The van der Waals surface area contributed by atoms with Crippen molar-refractivity contribution in [1.29, 1.82) is 0 Å². The molecule has 0 atom stereocenters. The smallest absolute Gasteiger partial charge is 0.252 e. The molecule has 1 rings (SSSR count). The quantitative estimate of drug-likeness (QED) is 0.755. The van der Waals surface area contributed by atoms with Crippen molar-refractivity contribution in [2.24, 2.45) is 0 Å². The number of rotatable bonds is 7. The summed E-state index contributed by atoms with van der Waals surface area (Å²) < 4.78 is 0. The number of anilines is 1. The van der Waals surface area contributed by atoms with E-state index in [1.807, 2.05) is 12.1 Å². The molecule has 2 N–H and O–H groups in total. The SMILES string of the molecule is CCN(CC)c1ccc(C(=O)NCCNC(C)(C)C)cn1. The summed E-state index contributed by atoms with van der Waals surface area (Å²) in [6.07, 6.45) is 1.64. The van der Waals surface area contributed by atoms with Gasteiger partial charge in [0.15, 0.2) is 0 Å². The van der Waals surface area contributed by atoms with E-state index in [0.717, 1.165) is 25.5 Å². The van der Waals surface area contributed by atoms with Crippen molar-refractivity contribution in [1.82, 2.24) is 15.6 Å². The maximum atomic E-state index is 12.0. The summed E-state index contributed by atoms with van der Waals surface area (Å²) in [5.41, 5.74) is 0.666. The standard InChI is InChI=1S/C16H28N4O/c1-6-20(7-2)14-9-8-13(12-18-14)15(21)17-10-11-19-16(3,4)5/h8-9,12,19H,6-7,10-11H2,1-5H3,(H,17,21). The lowest BCUT2D eigenvalue weighted by molar-refractivity contribution is 0.0952. The molecule has 21 heavy (non-hydrogen) atoms. The molecule has 0 radical (unpaired) electrons. The summed E-state index contributed by atoms with van der Waals surface area (Å²) in [4.78, 5) is 18.5. The van der Waals surface area contributed by atoms with E-state index in [1.165, 1.54) is 0 Å². The number of carbonyl (C=O) groups excluding carboxylic acids is 1. The fourth-order valence-electron chi connectivity index (χ4n) is 1.97. The third-order valence-corrected chi connectivity index (χ3v) is 3.16. The largest absolute Gasteiger partial charge is 0.357 e. The van der Waals surface area contributed by atoms with Gasteiger partial charge in [0, 0.05) is 37.9 Å². The van der Waals surface area contributed by atoms with Crippen LogP contribution >= 0.6 is 0 Å². The molecule has 1 aromatic rings. The van der Waals surface area contributed by atoms with Crippen molar-refractivity contribution in [2.75, 3.05) is 31.1 Å². The average Bonchev–Trinajstić information content (AvgIpc) is 2.44. The second kappa shape index (κ2) is 7.98. The zero-order chi connectivity index (χ0) is 15.9. The molecular formula is C16H28N4O. The highest BCUT2D eigenvalue weighted by atomic mass is 16.1. The minimum absolute atomic E-state index is 0.0672. The summed E-state index contributed by atoms with van der Waals surface area (Å²) in [7, 11) is 0. The van der Waals surface area contributed by atoms with Gasteiger partial charge in [-0.15, -0.1) is 0 Å².